The van der Waals surface area contributed by atoms with E-state index in [1.54, 1.807) is 0 Å². The van der Waals surface area contributed by atoms with Crippen LogP contribution in [0, 0.1) is 6.92 Å². The lowest BCUT2D eigenvalue weighted by Gasteiger charge is -2.28. The van der Waals surface area contributed by atoms with Crippen LogP contribution >= 0.6 is 0 Å². The minimum Gasteiger partial charge on any atom is -0.455 e. The number of para-hydroxylation sites is 3. The molecule has 3 nitrogen and oxygen atoms in total. The molecule has 0 spiro atoms. The molecule has 0 saturated heterocycles. The zero-order valence-corrected chi connectivity index (χ0v) is 35.3. The van der Waals surface area contributed by atoms with Crippen molar-refractivity contribution in [2.24, 2.45) is 0 Å². The van der Waals surface area contributed by atoms with Gasteiger partial charge in [0.05, 0.1) is 11.0 Å². The number of hydrogen-bond donors (Lipinski definition) is 0. The van der Waals surface area contributed by atoms with Crippen molar-refractivity contribution >= 4 is 60.8 Å². The van der Waals surface area contributed by atoms with Crippen molar-refractivity contribution in [3.63, 3.8) is 0 Å². The van der Waals surface area contributed by atoms with Gasteiger partial charge in [0.2, 0.25) is 0 Å². The van der Waals surface area contributed by atoms with Crippen LogP contribution in [0.4, 0.5) is 17.1 Å². The second-order valence-corrected chi connectivity index (χ2v) is 16.6. The van der Waals surface area contributed by atoms with Crippen LogP contribution in [0.15, 0.2) is 241 Å². The Morgan fingerprint density at radius 3 is 1.52 bits per heavy atom. The maximum absolute atomic E-state index is 6.86. The molecule has 2 aromatic heterocycles. The molecule has 2 heterocycles. The van der Waals surface area contributed by atoms with E-state index in [1.165, 1.54) is 55.2 Å². The number of fused-ring (bicyclic) bond motifs is 6. The zero-order valence-electron chi connectivity index (χ0n) is 35.3. The fourth-order valence-corrected chi connectivity index (χ4v) is 9.74. The number of benzene rings is 10. The summed E-state index contributed by atoms with van der Waals surface area (Å²) in [6.45, 7) is 2.22. The van der Waals surface area contributed by atoms with Crippen LogP contribution in [-0.4, -0.2) is 4.57 Å². The van der Waals surface area contributed by atoms with Crippen LogP contribution in [0.1, 0.15) is 5.56 Å². The molecule has 0 radical (unpaired) electrons. The Morgan fingerprint density at radius 2 is 0.859 bits per heavy atom. The number of rotatable bonds is 8. The summed E-state index contributed by atoms with van der Waals surface area (Å²) in [6, 6.07) is 85.2. The number of nitrogens with zero attached hydrogens (tertiary/aromatic N) is 2. The van der Waals surface area contributed by atoms with Crippen molar-refractivity contribution in [1.29, 1.82) is 0 Å². The zero-order chi connectivity index (χ0) is 42.6. The Hall–Kier alpha value is -8.40. The predicted octanol–water partition coefficient (Wildman–Crippen LogP) is 17.1. The highest BCUT2D eigenvalue weighted by atomic mass is 16.3. The Bertz CT molecular complexity index is 3620. The first kappa shape index (κ1) is 37.4. The van der Waals surface area contributed by atoms with E-state index in [9.17, 15) is 0 Å². The topological polar surface area (TPSA) is 21.3 Å². The van der Waals surface area contributed by atoms with Gasteiger partial charge in [0, 0.05) is 49.9 Å². The summed E-state index contributed by atoms with van der Waals surface area (Å²) in [5.41, 5.74) is 18.8. The summed E-state index contributed by atoms with van der Waals surface area (Å²) < 4.78 is 9.24. The molecule has 0 aliphatic rings. The minimum atomic E-state index is 0.864. The third-order valence-corrected chi connectivity index (χ3v) is 12.7. The number of aromatic nitrogens is 1. The summed E-state index contributed by atoms with van der Waals surface area (Å²) in [6.07, 6.45) is 0. The number of hydrogen-bond acceptors (Lipinski definition) is 2. The number of anilines is 3. The third kappa shape index (κ3) is 6.37. The van der Waals surface area contributed by atoms with Crippen molar-refractivity contribution in [2.75, 3.05) is 4.90 Å². The third-order valence-electron chi connectivity index (χ3n) is 12.7. The highest BCUT2D eigenvalue weighted by Gasteiger charge is 2.22. The first-order valence-corrected chi connectivity index (χ1v) is 21.9. The second-order valence-electron chi connectivity index (χ2n) is 16.6. The maximum Gasteiger partial charge on any atom is 0.143 e. The van der Waals surface area contributed by atoms with Gasteiger partial charge in [-0.05, 0) is 118 Å². The number of aryl methyl sites for hydroxylation is 1. The molecule has 302 valence electrons. The van der Waals surface area contributed by atoms with Crippen LogP contribution < -0.4 is 4.90 Å². The van der Waals surface area contributed by atoms with Gasteiger partial charge in [-0.25, -0.2) is 0 Å². The van der Waals surface area contributed by atoms with Crippen molar-refractivity contribution in [1.82, 2.24) is 4.57 Å². The molecular weight excluding hydrogens is 777 g/mol. The SMILES string of the molecule is Cc1cc(N(c2ccc(-c3ccccc3)c(-c3ccccc3)c2)c2cc(-c3cccc(-n4c5ccccc5c5ccccc54)c3)c3oc4ccccc4c3c2)ccc1-c1ccccc1. The summed E-state index contributed by atoms with van der Waals surface area (Å²) in [5, 5.41) is 4.63. The highest BCUT2D eigenvalue weighted by Crippen LogP contribution is 2.46. The van der Waals surface area contributed by atoms with Crippen molar-refractivity contribution in [3.8, 4) is 50.2 Å². The van der Waals surface area contributed by atoms with E-state index in [0.717, 1.165) is 61.4 Å². The molecule has 0 unspecified atom stereocenters. The molecule has 0 N–H and O–H groups in total. The average Bonchev–Trinajstić information content (AvgIpc) is 3.91. The van der Waals surface area contributed by atoms with Gasteiger partial charge in [0.15, 0.2) is 0 Å². The average molecular weight is 819 g/mol. The molecule has 12 aromatic rings. The first-order valence-electron chi connectivity index (χ1n) is 21.9. The normalized spacial score (nSPS) is 11.5. The molecule has 0 saturated carbocycles. The van der Waals surface area contributed by atoms with Crippen molar-refractivity contribution in [3.05, 3.63) is 242 Å². The Labute approximate surface area is 372 Å². The van der Waals surface area contributed by atoms with Gasteiger partial charge in [-0.15, -0.1) is 0 Å². The molecule has 12 rings (SSSR count). The Kier molecular flexibility index (Phi) is 9.05. The first-order chi connectivity index (χ1) is 31.7. The van der Waals surface area contributed by atoms with E-state index in [4.69, 9.17) is 4.42 Å². The molecule has 0 aliphatic heterocycles. The van der Waals surface area contributed by atoms with Crippen LogP contribution in [0.25, 0.3) is 93.9 Å². The fourth-order valence-electron chi connectivity index (χ4n) is 9.74. The van der Waals surface area contributed by atoms with Crippen LogP contribution in [0.3, 0.4) is 0 Å². The monoisotopic (exact) mass is 818 g/mol. The molecule has 0 amide bonds. The molecule has 0 atom stereocenters. The van der Waals surface area contributed by atoms with E-state index >= 15 is 0 Å². The van der Waals surface area contributed by atoms with Crippen LogP contribution in [0.2, 0.25) is 0 Å². The summed E-state index contributed by atoms with van der Waals surface area (Å²) in [4.78, 5) is 2.42. The van der Waals surface area contributed by atoms with E-state index in [2.05, 4.69) is 253 Å². The predicted molar refractivity (Wildman–Crippen MR) is 269 cm³/mol. The summed E-state index contributed by atoms with van der Waals surface area (Å²) in [7, 11) is 0. The quantitative estimate of drug-likeness (QED) is 0.152. The van der Waals surface area contributed by atoms with Crippen molar-refractivity contribution in [2.45, 2.75) is 6.92 Å². The van der Waals surface area contributed by atoms with Gasteiger partial charge in [-0.3, -0.25) is 0 Å². The van der Waals surface area contributed by atoms with E-state index < -0.39 is 0 Å². The minimum absolute atomic E-state index is 0.864. The molecule has 64 heavy (non-hydrogen) atoms. The number of furan rings is 1. The molecule has 0 aliphatic carbocycles. The van der Waals surface area contributed by atoms with Gasteiger partial charge in [0.1, 0.15) is 11.2 Å². The van der Waals surface area contributed by atoms with Gasteiger partial charge in [0.25, 0.3) is 0 Å². The van der Waals surface area contributed by atoms with E-state index in [1.807, 2.05) is 0 Å². The van der Waals surface area contributed by atoms with Gasteiger partial charge in [-0.1, -0.05) is 170 Å². The van der Waals surface area contributed by atoms with Crippen LogP contribution in [-0.2, 0) is 0 Å². The Balaban J connectivity index is 1.11. The van der Waals surface area contributed by atoms with Crippen LogP contribution in [0.5, 0.6) is 0 Å². The maximum atomic E-state index is 6.86. The smallest absolute Gasteiger partial charge is 0.143 e. The standard InChI is InChI=1S/C61H42N2O/c1-41-36-47(32-34-50(41)42-18-5-2-6-19-42)62(48-33-35-51(43-20-7-3-8-21-43)55(38-48)44-22-9-4-10-23-44)49-39-56(61-57(40-49)54-28-13-16-31-60(54)64-61)45-24-17-25-46(37-45)63-58-29-14-11-26-52(58)53-27-12-15-30-59(53)63/h2-40H,1H3. The lowest BCUT2D eigenvalue weighted by molar-refractivity contribution is 0.670. The Morgan fingerprint density at radius 1 is 0.344 bits per heavy atom. The second kappa shape index (κ2) is 15.5. The summed E-state index contributed by atoms with van der Waals surface area (Å²) in [5.74, 6) is 0. The molecular formula is C61H42N2O. The molecule has 3 heteroatoms. The summed E-state index contributed by atoms with van der Waals surface area (Å²) >= 11 is 0. The van der Waals surface area contributed by atoms with E-state index in [-0.39, 0.29) is 0 Å². The molecule has 10 aromatic carbocycles. The molecule has 0 bridgehead atoms. The highest BCUT2D eigenvalue weighted by molar-refractivity contribution is 6.12. The molecule has 0 fully saturated rings. The van der Waals surface area contributed by atoms with Gasteiger partial charge in [-0.2, -0.15) is 0 Å². The van der Waals surface area contributed by atoms with Gasteiger partial charge < -0.3 is 13.9 Å². The van der Waals surface area contributed by atoms with Crippen molar-refractivity contribution < 1.29 is 4.42 Å². The van der Waals surface area contributed by atoms with Gasteiger partial charge >= 0.3 is 0 Å². The lowest BCUT2D eigenvalue weighted by atomic mass is 9.93. The largest absolute Gasteiger partial charge is 0.455 e. The lowest BCUT2D eigenvalue weighted by Crippen LogP contribution is -2.11. The fraction of sp³-hybridized carbons (Fsp3) is 0.0164. The van der Waals surface area contributed by atoms with E-state index in [0.29, 0.717) is 0 Å².